The molecule has 3 rings (SSSR count). The lowest BCUT2D eigenvalue weighted by atomic mass is 10.1. The average molecular weight is 428 g/mol. The number of nitrogens with one attached hydrogen (secondary N) is 1. The van der Waals surface area contributed by atoms with Crippen LogP contribution >= 0.6 is 0 Å². The first-order valence-corrected chi connectivity index (χ1v) is 10.5. The lowest BCUT2D eigenvalue weighted by Gasteiger charge is -2.18. The average Bonchev–Trinajstić information content (AvgIpc) is 2.75. The van der Waals surface area contributed by atoms with Gasteiger partial charge < -0.3 is 9.64 Å². The van der Waals surface area contributed by atoms with Crippen LogP contribution in [0.25, 0.3) is 0 Å². The number of nitrogens with zero attached hydrogens (tertiary/aromatic N) is 1. The molecule has 0 spiro atoms. The van der Waals surface area contributed by atoms with Gasteiger partial charge in [-0.1, -0.05) is 18.2 Å². The summed E-state index contributed by atoms with van der Waals surface area (Å²) < 4.78 is 46.0. The molecule has 0 heterocycles. The van der Waals surface area contributed by atoms with Crippen molar-refractivity contribution < 1.29 is 22.3 Å². The number of amides is 1. The molecule has 0 unspecified atom stereocenters. The quantitative estimate of drug-likeness (QED) is 0.619. The number of carbonyl (C=O) groups is 1. The second kappa shape index (κ2) is 8.96. The van der Waals surface area contributed by atoms with Crippen LogP contribution in [0.1, 0.15) is 15.9 Å². The minimum atomic E-state index is -3.88. The van der Waals surface area contributed by atoms with Gasteiger partial charge in [-0.2, -0.15) is 0 Å². The van der Waals surface area contributed by atoms with Crippen molar-refractivity contribution in [1.29, 1.82) is 0 Å². The Kier molecular flexibility index (Phi) is 6.37. The minimum absolute atomic E-state index is 0.0284. The fourth-order valence-corrected chi connectivity index (χ4v) is 3.93. The van der Waals surface area contributed by atoms with E-state index >= 15 is 0 Å². The van der Waals surface area contributed by atoms with Gasteiger partial charge >= 0.3 is 0 Å². The number of methoxy groups -OCH3 is 1. The van der Waals surface area contributed by atoms with E-state index in [2.05, 4.69) is 4.72 Å². The standard InChI is InChI=1S/C22H21FN2O4S/c1-25(15-16-6-8-18(23)9-7-16)22(26)17-4-3-5-21(14-17)30(27,28)24-19-10-12-20(29-2)13-11-19/h3-14,24H,15H2,1-2H3. The summed E-state index contributed by atoms with van der Waals surface area (Å²) in [7, 11) is -0.759. The Morgan fingerprint density at radius 2 is 1.70 bits per heavy atom. The highest BCUT2D eigenvalue weighted by Gasteiger charge is 2.18. The van der Waals surface area contributed by atoms with Crippen molar-refractivity contribution in [3.63, 3.8) is 0 Å². The third kappa shape index (κ3) is 5.15. The molecule has 0 saturated carbocycles. The first kappa shape index (κ1) is 21.3. The summed E-state index contributed by atoms with van der Waals surface area (Å²) in [5.74, 6) is -0.0921. The highest BCUT2D eigenvalue weighted by molar-refractivity contribution is 7.92. The lowest BCUT2D eigenvalue weighted by molar-refractivity contribution is 0.0785. The second-order valence-electron chi connectivity index (χ2n) is 6.65. The summed E-state index contributed by atoms with van der Waals surface area (Å²) in [5, 5.41) is 0. The maximum Gasteiger partial charge on any atom is 0.261 e. The third-order valence-corrected chi connectivity index (χ3v) is 5.79. The van der Waals surface area contributed by atoms with Gasteiger partial charge in [0.05, 0.1) is 12.0 Å². The first-order valence-electron chi connectivity index (χ1n) is 9.05. The molecule has 0 saturated heterocycles. The number of hydrogen-bond donors (Lipinski definition) is 1. The van der Waals surface area contributed by atoms with Gasteiger partial charge in [0.25, 0.3) is 15.9 Å². The molecule has 0 aliphatic rings. The zero-order valence-corrected chi connectivity index (χ0v) is 17.3. The summed E-state index contributed by atoms with van der Waals surface area (Å²) in [5.41, 5.74) is 1.37. The molecule has 1 N–H and O–H groups in total. The molecular formula is C22H21FN2O4S. The number of rotatable bonds is 7. The van der Waals surface area contributed by atoms with Crippen LogP contribution in [-0.2, 0) is 16.6 Å². The van der Waals surface area contributed by atoms with E-state index < -0.39 is 10.0 Å². The van der Waals surface area contributed by atoms with E-state index in [1.807, 2.05) is 0 Å². The summed E-state index contributed by atoms with van der Waals surface area (Å²) in [6, 6.07) is 18.1. The summed E-state index contributed by atoms with van der Waals surface area (Å²) in [4.78, 5) is 14.2. The molecule has 0 aliphatic carbocycles. The monoisotopic (exact) mass is 428 g/mol. The smallest absolute Gasteiger partial charge is 0.261 e. The fraction of sp³-hybridized carbons (Fsp3) is 0.136. The van der Waals surface area contributed by atoms with Crippen LogP contribution in [-0.4, -0.2) is 33.4 Å². The van der Waals surface area contributed by atoms with Crippen LogP contribution in [0.4, 0.5) is 10.1 Å². The molecular weight excluding hydrogens is 407 g/mol. The van der Waals surface area contributed by atoms with E-state index in [4.69, 9.17) is 4.74 Å². The lowest BCUT2D eigenvalue weighted by Crippen LogP contribution is -2.26. The zero-order valence-electron chi connectivity index (χ0n) is 16.5. The predicted octanol–water partition coefficient (Wildman–Crippen LogP) is 3.91. The van der Waals surface area contributed by atoms with Crippen molar-refractivity contribution in [2.75, 3.05) is 18.9 Å². The van der Waals surface area contributed by atoms with Gasteiger partial charge in [0.2, 0.25) is 0 Å². The van der Waals surface area contributed by atoms with Gasteiger partial charge in [-0.25, -0.2) is 12.8 Å². The van der Waals surface area contributed by atoms with Crippen LogP contribution in [0, 0.1) is 5.82 Å². The van der Waals surface area contributed by atoms with E-state index in [-0.39, 0.29) is 28.7 Å². The van der Waals surface area contributed by atoms with Crippen LogP contribution < -0.4 is 9.46 Å². The SMILES string of the molecule is COc1ccc(NS(=O)(=O)c2cccc(C(=O)N(C)Cc3ccc(F)cc3)c2)cc1. The highest BCUT2D eigenvalue weighted by Crippen LogP contribution is 2.20. The maximum absolute atomic E-state index is 13.0. The summed E-state index contributed by atoms with van der Waals surface area (Å²) >= 11 is 0. The Bertz CT molecular complexity index is 1130. The van der Waals surface area contributed by atoms with Crippen molar-refractivity contribution in [1.82, 2.24) is 4.90 Å². The first-order chi connectivity index (χ1) is 14.3. The number of halogens is 1. The summed E-state index contributed by atoms with van der Waals surface area (Å²) in [6.45, 7) is 0.264. The van der Waals surface area contributed by atoms with Gasteiger partial charge in [0.1, 0.15) is 11.6 Å². The number of carbonyl (C=O) groups excluding carboxylic acids is 1. The molecule has 3 aromatic carbocycles. The van der Waals surface area contributed by atoms with E-state index in [1.165, 1.54) is 42.3 Å². The van der Waals surface area contributed by atoms with Gasteiger partial charge in [0.15, 0.2) is 0 Å². The van der Waals surface area contributed by atoms with E-state index in [0.717, 1.165) is 5.56 Å². The third-order valence-electron chi connectivity index (χ3n) is 4.41. The Labute approximate surface area is 175 Å². The molecule has 8 heteroatoms. The molecule has 1 amide bonds. The molecule has 6 nitrogen and oxygen atoms in total. The number of ether oxygens (including phenoxy) is 1. The second-order valence-corrected chi connectivity index (χ2v) is 8.33. The zero-order chi connectivity index (χ0) is 21.7. The Morgan fingerprint density at radius 3 is 2.33 bits per heavy atom. The Morgan fingerprint density at radius 1 is 1.03 bits per heavy atom. The van der Waals surface area contributed by atoms with Crippen LogP contribution in [0.5, 0.6) is 5.75 Å². The van der Waals surface area contributed by atoms with Gasteiger partial charge in [0, 0.05) is 24.8 Å². The maximum atomic E-state index is 13.0. The number of hydrogen-bond acceptors (Lipinski definition) is 4. The molecule has 3 aromatic rings. The Hall–Kier alpha value is -3.39. The molecule has 0 atom stereocenters. The van der Waals surface area contributed by atoms with Gasteiger partial charge in [-0.05, 0) is 60.2 Å². The van der Waals surface area contributed by atoms with Gasteiger partial charge in [-0.3, -0.25) is 9.52 Å². The molecule has 0 fully saturated rings. The molecule has 0 bridgehead atoms. The molecule has 30 heavy (non-hydrogen) atoms. The van der Waals surface area contributed by atoms with Crippen molar-refractivity contribution >= 4 is 21.6 Å². The van der Waals surface area contributed by atoms with E-state index in [9.17, 15) is 17.6 Å². The van der Waals surface area contributed by atoms with Crippen LogP contribution in [0.3, 0.4) is 0 Å². The molecule has 0 aliphatic heterocycles. The van der Waals surface area contributed by atoms with Crippen molar-refractivity contribution in [3.05, 3.63) is 89.7 Å². The highest BCUT2D eigenvalue weighted by atomic mass is 32.2. The molecule has 0 radical (unpaired) electrons. The molecule has 0 aromatic heterocycles. The predicted molar refractivity (Wildman–Crippen MR) is 112 cm³/mol. The minimum Gasteiger partial charge on any atom is -0.497 e. The largest absolute Gasteiger partial charge is 0.497 e. The van der Waals surface area contributed by atoms with Gasteiger partial charge in [-0.15, -0.1) is 0 Å². The fourth-order valence-electron chi connectivity index (χ4n) is 2.83. The molecule has 156 valence electrons. The summed E-state index contributed by atoms with van der Waals surface area (Å²) in [6.07, 6.45) is 0. The van der Waals surface area contributed by atoms with Crippen molar-refractivity contribution in [3.8, 4) is 5.75 Å². The number of anilines is 1. The van der Waals surface area contributed by atoms with Crippen molar-refractivity contribution in [2.24, 2.45) is 0 Å². The van der Waals surface area contributed by atoms with Crippen LogP contribution in [0.2, 0.25) is 0 Å². The Balaban J connectivity index is 1.76. The van der Waals surface area contributed by atoms with E-state index in [0.29, 0.717) is 11.4 Å². The van der Waals surface area contributed by atoms with Crippen molar-refractivity contribution in [2.45, 2.75) is 11.4 Å². The normalized spacial score (nSPS) is 11.0. The van der Waals surface area contributed by atoms with Crippen LogP contribution in [0.15, 0.2) is 77.7 Å². The van der Waals surface area contributed by atoms with E-state index in [1.54, 1.807) is 49.5 Å². The number of sulfonamides is 1. The number of benzene rings is 3. The topological polar surface area (TPSA) is 75.7 Å².